The monoisotopic (exact) mass is 345 g/mol. The summed E-state index contributed by atoms with van der Waals surface area (Å²) in [6.07, 6.45) is 0.0578. The number of hydrogen-bond acceptors (Lipinski definition) is 6. The fourth-order valence-corrected chi connectivity index (χ4v) is 2.29. The number of anilines is 1. The van der Waals surface area contributed by atoms with Gasteiger partial charge < -0.3 is 24.6 Å². The number of para-hydroxylation sites is 1. The summed E-state index contributed by atoms with van der Waals surface area (Å²) in [6.45, 7) is 0. The summed E-state index contributed by atoms with van der Waals surface area (Å²) < 4.78 is 14.9. The van der Waals surface area contributed by atoms with E-state index in [0.29, 0.717) is 17.1 Å². The standard InChI is InChI=1S/C18H19NO6/c1-23-14-8-7-11(9-15(14)24-2)10-16(20)19-13-6-4-5-12(17(13)21)18(22)25-3/h4-9,21H,10H2,1-3H3,(H,19,20). The zero-order valence-electron chi connectivity index (χ0n) is 14.2. The van der Waals surface area contributed by atoms with Crippen molar-refractivity contribution in [3.05, 3.63) is 47.5 Å². The zero-order chi connectivity index (χ0) is 18.4. The van der Waals surface area contributed by atoms with Crippen LogP contribution in [0.3, 0.4) is 0 Å². The molecule has 7 nitrogen and oxygen atoms in total. The van der Waals surface area contributed by atoms with E-state index in [1.807, 2.05) is 0 Å². The molecule has 132 valence electrons. The van der Waals surface area contributed by atoms with Gasteiger partial charge in [-0.3, -0.25) is 4.79 Å². The molecule has 2 rings (SSSR count). The van der Waals surface area contributed by atoms with Gasteiger partial charge in [0.1, 0.15) is 5.56 Å². The van der Waals surface area contributed by atoms with Gasteiger partial charge in [-0.15, -0.1) is 0 Å². The molecule has 0 bridgehead atoms. The molecule has 0 atom stereocenters. The Hall–Kier alpha value is -3.22. The lowest BCUT2D eigenvalue weighted by molar-refractivity contribution is -0.115. The number of nitrogens with one attached hydrogen (secondary N) is 1. The van der Waals surface area contributed by atoms with Crippen LogP contribution in [0.15, 0.2) is 36.4 Å². The van der Waals surface area contributed by atoms with Crippen LogP contribution in [0.1, 0.15) is 15.9 Å². The van der Waals surface area contributed by atoms with Crippen molar-refractivity contribution >= 4 is 17.6 Å². The highest BCUT2D eigenvalue weighted by Gasteiger charge is 2.16. The first kappa shape index (κ1) is 18.1. The van der Waals surface area contributed by atoms with Gasteiger partial charge in [-0.1, -0.05) is 12.1 Å². The molecule has 0 spiro atoms. The maximum Gasteiger partial charge on any atom is 0.341 e. The van der Waals surface area contributed by atoms with Crippen molar-refractivity contribution in [3.8, 4) is 17.2 Å². The Bertz CT molecular complexity index is 787. The van der Waals surface area contributed by atoms with Crippen molar-refractivity contribution in [1.29, 1.82) is 0 Å². The van der Waals surface area contributed by atoms with E-state index < -0.39 is 5.97 Å². The number of esters is 1. The third-order valence-electron chi connectivity index (χ3n) is 3.53. The van der Waals surface area contributed by atoms with Gasteiger partial charge in [-0.2, -0.15) is 0 Å². The molecular weight excluding hydrogens is 326 g/mol. The smallest absolute Gasteiger partial charge is 0.341 e. The molecule has 0 aliphatic carbocycles. The Labute approximate surface area is 145 Å². The van der Waals surface area contributed by atoms with Gasteiger partial charge in [-0.05, 0) is 29.8 Å². The second-order valence-corrected chi connectivity index (χ2v) is 5.11. The van der Waals surface area contributed by atoms with E-state index in [0.717, 1.165) is 0 Å². The van der Waals surface area contributed by atoms with E-state index in [1.54, 1.807) is 18.2 Å². The number of phenols is 1. The van der Waals surface area contributed by atoms with Gasteiger partial charge in [0, 0.05) is 0 Å². The van der Waals surface area contributed by atoms with Crippen LogP contribution in [-0.2, 0) is 16.0 Å². The molecule has 0 saturated carbocycles. The minimum absolute atomic E-state index is 0.0218. The average molecular weight is 345 g/mol. The summed E-state index contributed by atoms with van der Waals surface area (Å²) in [6, 6.07) is 9.59. The van der Waals surface area contributed by atoms with Crippen molar-refractivity contribution in [2.75, 3.05) is 26.6 Å². The van der Waals surface area contributed by atoms with Crippen LogP contribution in [0, 0.1) is 0 Å². The molecule has 0 unspecified atom stereocenters. The number of ether oxygens (including phenoxy) is 3. The molecule has 0 fully saturated rings. The SMILES string of the molecule is COC(=O)c1cccc(NC(=O)Cc2ccc(OC)c(OC)c2)c1O. The van der Waals surface area contributed by atoms with E-state index >= 15 is 0 Å². The summed E-state index contributed by atoms with van der Waals surface area (Å²) in [5.74, 6) is -0.300. The van der Waals surface area contributed by atoms with Crippen molar-refractivity contribution in [2.45, 2.75) is 6.42 Å². The highest BCUT2D eigenvalue weighted by molar-refractivity contribution is 5.99. The highest BCUT2D eigenvalue weighted by atomic mass is 16.5. The van der Waals surface area contributed by atoms with Gasteiger partial charge in [0.15, 0.2) is 17.2 Å². The molecule has 0 aliphatic rings. The molecule has 1 amide bonds. The summed E-state index contributed by atoms with van der Waals surface area (Å²) in [5.41, 5.74) is 0.818. The predicted molar refractivity (Wildman–Crippen MR) is 91.3 cm³/mol. The lowest BCUT2D eigenvalue weighted by Gasteiger charge is -2.11. The molecule has 0 radical (unpaired) electrons. The molecule has 0 aliphatic heterocycles. The molecule has 7 heteroatoms. The van der Waals surface area contributed by atoms with Crippen molar-refractivity contribution < 1.29 is 28.9 Å². The quantitative estimate of drug-likeness (QED) is 0.617. The number of carbonyl (C=O) groups excluding carboxylic acids is 2. The number of benzene rings is 2. The molecule has 2 aromatic rings. The molecule has 2 N–H and O–H groups in total. The number of phenolic OH excluding ortho intramolecular Hbond substituents is 1. The first-order chi connectivity index (χ1) is 12.0. The second-order valence-electron chi connectivity index (χ2n) is 5.11. The van der Waals surface area contributed by atoms with Gasteiger partial charge in [-0.25, -0.2) is 4.79 Å². The maximum atomic E-state index is 12.2. The third kappa shape index (κ3) is 4.20. The van der Waals surface area contributed by atoms with Crippen LogP contribution >= 0.6 is 0 Å². The van der Waals surface area contributed by atoms with E-state index in [-0.39, 0.29) is 29.3 Å². The van der Waals surface area contributed by atoms with Crippen LogP contribution in [0.5, 0.6) is 17.2 Å². The fourth-order valence-electron chi connectivity index (χ4n) is 2.29. The maximum absolute atomic E-state index is 12.2. The molecular formula is C18H19NO6. The van der Waals surface area contributed by atoms with Crippen LogP contribution < -0.4 is 14.8 Å². The van der Waals surface area contributed by atoms with E-state index in [2.05, 4.69) is 10.1 Å². The molecule has 0 aromatic heterocycles. The number of amides is 1. The Morgan fingerprint density at radius 1 is 1.04 bits per heavy atom. The van der Waals surface area contributed by atoms with E-state index in [4.69, 9.17) is 9.47 Å². The second kappa shape index (κ2) is 8.05. The number of aromatic hydroxyl groups is 1. The van der Waals surface area contributed by atoms with Crippen molar-refractivity contribution in [3.63, 3.8) is 0 Å². The number of hydrogen-bond donors (Lipinski definition) is 2. The first-order valence-electron chi connectivity index (χ1n) is 7.41. The summed E-state index contributed by atoms with van der Waals surface area (Å²) in [7, 11) is 4.25. The van der Waals surface area contributed by atoms with Crippen LogP contribution in [-0.4, -0.2) is 38.3 Å². The van der Waals surface area contributed by atoms with Crippen LogP contribution in [0.25, 0.3) is 0 Å². The van der Waals surface area contributed by atoms with Crippen molar-refractivity contribution in [2.24, 2.45) is 0 Å². The molecule has 0 saturated heterocycles. The van der Waals surface area contributed by atoms with Gasteiger partial charge in [0.25, 0.3) is 0 Å². The normalized spacial score (nSPS) is 10.0. The summed E-state index contributed by atoms with van der Waals surface area (Å²) in [5, 5.41) is 12.7. The third-order valence-corrected chi connectivity index (χ3v) is 3.53. The van der Waals surface area contributed by atoms with Gasteiger partial charge >= 0.3 is 5.97 Å². The predicted octanol–water partition coefficient (Wildman–Crippen LogP) is 2.38. The summed E-state index contributed by atoms with van der Waals surface area (Å²) in [4.78, 5) is 23.8. The van der Waals surface area contributed by atoms with Crippen molar-refractivity contribution in [1.82, 2.24) is 0 Å². The van der Waals surface area contributed by atoms with E-state index in [1.165, 1.54) is 39.5 Å². The largest absolute Gasteiger partial charge is 0.505 e. The minimum atomic E-state index is -0.687. The Balaban J connectivity index is 2.14. The fraction of sp³-hybridized carbons (Fsp3) is 0.222. The number of methoxy groups -OCH3 is 3. The highest BCUT2D eigenvalue weighted by Crippen LogP contribution is 2.29. The lowest BCUT2D eigenvalue weighted by atomic mass is 10.1. The first-order valence-corrected chi connectivity index (χ1v) is 7.41. The number of rotatable bonds is 6. The molecule has 2 aromatic carbocycles. The van der Waals surface area contributed by atoms with Crippen LogP contribution in [0.2, 0.25) is 0 Å². The lowest BCUT2D eigenvalue weighted by Crippen LogP contribution is -2.15. The Kier molecular flexibility index (Phi) is 5.84. The topological polar surface area (TPSA) is 94.1 Å². The van der Waals surface area contributed by atoms with Crippen LogP contribution in [0.4, 0.5) is 5.69 Å². The van der Waals surface area contributed by atoms with Gasteiger partial charge in [0.05, 0.1) is 33.4 Å². The minimum Gasteiger partial charge on any atom is -0.505 e. The molecule has 25 heavy (non-hydrogen) atoms. The summed E-state index contributed by atoms with van der Waals surface area (Å²) >= 11 is 0. The molecule has 0 heterocycles. The average Bonchev–Trinajstić information content (AvgIpc) is 2.62. The number of carbonyl (C=O) groups is 2. The van der Waals surface area contributed by atoms with Gasteiger partial charge in [0.2, 0.25) is 5.91 Å². The van der Waals surface area contributed by atoms with E-state index in [9.17, 15) is 14.7 Å². The Morgan fingerprint density at radius 2 is 1.76 bits per heavy atom. The zero-order valence-corrected chi connectivity index (χ0v) is 14.2. The Morgan fingerprint density at radius 3 is 2.40 bits per heavy atom.